The van der Waals surface area contributed by atoms with E-state index in [9.17, 15) is 13.6 Å². The first-order valence-corrected chi connectivity index (χ1v) is 9.70. The zero-order valence-corrected chi connectivity index (χ0v) is 16.5. The van der Waals surface area contributed by atoms with E-state index in [1.54, 1.807) is 25.3 Å². The highest BCUT2D eigenvalue weighted by Gasteiger charge is 2.44. The largest absolute Gasteiger partial charge is 0.360 e. The highest BCUT2D eigenvalue weighted by Crippen LogP contribution is 2.35. The van der Waals surface area contributed by atoms with Crippen molar-refractivity contribution in [3.05, 3.63) is 41.7 Å². The van der Waals surface area contributed by atoms with Crippen LogP contribution in [0.1, 0.15) is 19.8 Å². The van der Waals surface area contributed by atoms with Crippen LogP contribution in [-0.4, -0.2) is 45.9 Å². The number of nitrogens with zero attached hydrogens (tertiary/aromatic N) is 3. The van der Waals surface area contributed by atoms with Gasteiger partial charge in [-0.1, -0.05) is 11.6 Å². The standard InChI is InChI=1S/C20H20ClF2N5O/c1-20(19(29)26-11-16(22)23)6-2-8-28(20)17-5-7-24-18(27-17)14-10-25-15-4-3-12(21)9-13(14)15/h3-5,7,9-10,16,25H,2,6,8,11H2,1H3,(H,26,29)/t20-/m1/s1. The van der Waals surface area contributed by atoms with Gasteiger partial charge in [-0.2, -0.15) is 0 Å². The molecule has 152 valence electrons. The second-order valence-electron chi connectivity index (χ2n) is 7.26. The Morgan fingerprint density at radius 1 is 1.41 bits per heavy atom. The molecule has 2 N–H and O–H groups in total. The molecule has 0 saturated carbocycles. The molecule has 1 saturated heterocycles. The van der Waals surface area contributed by atoms with E-state index in [2.05, 4.69) is 20.3 Å². The van der Waals surface area contributed by atoms with Gasteiger partial charge >= 0.3 is 0 Å². The van der Waals surface area contributed by atoms with E-state index in [0.29, 0.717) is 29.6 Å². The second kappa shape index (κ2) is 7.59. The van der Waals surface area contributed by atoms with E-state index in [0.717, 1.165) is 22.9 Å². The average Bonchev–Trinajstić information content (AvgIpc) is 3.30. The quantitative estimate of drug-likeness (QED) is 0.655. The summed E-state index contributed by atoms with van der Waals surface area (Å²) in [6, 6.07) is 7.26. The van der Waals surface area contributed by atoms with Crippen molar-refractivity contribution in [2.45, 2.75) is 31.7 Å². The lowest BCUT2D eigenvalue weighted by atomic mass is 9.97. The number of carbonyl (C=O) groups excluding carboxylic acids is 1. The number of aromatic nitrogens is 3. The summed E-state index contributed by atoms with van der Waals surface area (Å²) in [7, 11) is 0. The van der Waals surface area contributed by atoms with Crippen molar-refractivity contribution >= 4 is 34.2 Å². The third-order valence-electron chi connectivity index (χ3n) is 5.35. The lowest BCUT2D eigenvalue weighted by Gasteiger charge is -2.34. The van der Waals surface area contributed by atoms with Crippen LogP contribution in [0.25, 0.3) is 22.3 Å². The lowest BCUT2D eigenvalue weighted by Crippen LogP contribution is -2.54. The number of hydrogen-bond acceptors (Lipinski definition) is 4. The molecule has 3 aromatic rings. The van der Waals surface area contributed by atoms with Crippen LogP contribution < -0.4 is 10.2 Å². The molecule has 1 aliphatic rings. The lowest BCUT2D eigenvalue weighted by molar-refractivity contribution is -0.126. The van der Waals surface area contributed by atoms with Gasteiger partial charge in [-0.25, -0.2) is 18.7 Å². The molecule has 9 heteroatoms. The summed E-state index contributed by atoms with van der Waals surface area (Å²) in [5.74, 6) is 0.658. The number of hydrogen-bond donors (Lipinski definition) is 2. The van der Waals surface area contributed by atoms with Gasteiger partial charge < -0.3 is 15.2 Å². The number of nitrogens with one attached hydrogen (secondary N) is 2. The number of H-pyrrole nitrogens is 1. The van der Waals surface area contributed by atoms with Crippen LogP contribution in [0.3, 0.4) is 0 Å². The zero-order valence-electron chi connectivity index (χ0n) is 15.8. The van der Waals surface area contributed by atoms with Gasteiger partial charge in [0.25, 0.3) is 6.43 Å². The highest BCUT2D eigenvalue weighted by molar-refractivity contribution is 6.31. The Hall–Kier alpha value is -2.74. The molecule has 0 aliphatic carbocycles. The minimum Gasteiger partial charge on any atom is -0.360 e. The van der Waals surface area contributed by atoms with Crippen LogP contribution in [0.2, 0.25) is 5.02 Å². The topological polar surface area (TPSA) is 73.9 Å². The number of halogens is 3. The number of carbonyl (C=O) groups is 1. The van der Waals surface area contributed by atoms with Gasteiger partial charge in [0.2, 0.25) is 5.91 Å². The van der Waals surface area contributed by atoms with Crippen LogP contribution in [0, 0.1) is 0 Å². The molecule has 1 atom stereocenters. The van der Waals surface area contributed by atoms with Crippen molar-refractivity contribution in [3.8, 4) is 11.4 Å². The first-order valence-electron chi connectivity index (χ1n) is 9.32. The molecule has 1 aliphatic heterocycles. The number of fused-ring (bicyclic) bond motifs is 1. The van der Waals surface area contributed by atoms with Crippen molar-refractivity contribution in [1.82, 2.24) is 20.3 Å². The van der Waals surface area contributed by atoms with Gasteiger partial charge in [-0.15, -0.1) is 0 Å². The molecular weight excluding hydrogens is 400 g/mol. The predicted molar refractivity (Wildman–Crippen MR) is 108 cm³/mol. The molecule has 1 aromatic carbocycles. The van der Waals surface area contributed by atoms with Crippen molar-refractivity contribution in [1.29, 1.82) is 0 Å². The minimum absolute atomic E-state index is 0.422. The Morgan fingerprint density at radius 3 is 3.03 bits per heavy atom. The van der Waals surface area contributed by atoms with E-state index in [1.807, 2.05) is 23.2 Å². The van der Waals surface area contributed by atoms with Crippen molar-refractivity contribution in [3.63, 3.8) is 0 Å². The summed E-state index contributed by atoms with van der Waals surface area (Å²) in [4.78, 5) is 26.7. The summed E-state index contributed by atoms with van der Waals surface area (Å²) in [5.41, 5.74) is 0.771. The monoisotopic (exact) mass is 419 g/mol. The number of rotatable bonds is 5. The molecule has 29 heavy (non-hydrogen) atoms. The third-order valence-corrected chi connectivity index (χ3v) is 5.58. The van der Waals surface area contributed by atoms with Crippen LogP contribution >= 0.6 is 11.6 Å². The molecule has 0 bridgehead atoms. The summed E-state index contributed by atoms with van der Waals surface area (Å²) in [5, 5.41) is 3.85. The second-order valence-corrected chi connectivity index (χ2v) is 7.70. The molecule has 2 aromatic heterocycles. The first-order chi connectivity index (χ1) is 13.9. The highest BCUT2D eigenvalue weighted by atomic mass is 35.5. The number of benzene rings is 1. The summed E-state index contributed by atoms with van der Waals surface area (Å²) < 4.78 is 25.1. The molecule has 6 nitrogen and oxygen atoms in total. The van der Waals surface area contributed by atoms with E-state index in [-0.39, 0.29) is 0 Å². The molecule has 1 fully saturated rings. The van der Waals surface area contributed by atoms with Gasteiger partial charge in [0, 0.05) is 40.4 Å². The zero-order chi connectivity index (χ0) is 20.6. The molecule has 0 unspecified atom stereocenters. The number of amides is 1. The van der Waals surface area contributed by atoms with Crippen LogP contribution in [0.4, 0.5) is 14.6 Å². The van der Waals surface area contributed by atoms with E-state index in [1.165, 1.54) is 0 Å². The Kier molecular flexibility index (Phi) is 5.12. The number of anilines is 1. The van der Waals surface area contributed by atoms with Crippen LogP contribution in [0.15, 0.2) is 36.7 Å². The summed E-state index contributed by atoms with van der Waals surface area (Å²) in [6.45, 7) is 1.70. The smallest absolute Gasteiger partial charge is 0.255 e. The molecule has 0 radical (unpaired) electrons. The first kappa shape index (κ1) is 19.6. The summed E-state index contributed by atoms with van der Waals surface area (Å²) >= 11 is 6.13. The predicted octanol–water partition coefficient (Wildman–Crippen LogP) is 4.02. The molecule has 3 heterocycles. The molecule has 4 rings (SSSR count). The maximum atomic E-state index is 12.6. The number of alkyl halides is 2. The van der Waals surface area contributed by atoms with Gasteiger partial charge in [0.05, 0.1) is 6.54 Å². The molecule has 1 amide bonds. The van der Waals surface area contributed by atoms with Gasteiger partial charge in [-0.3, -0.25) is 4.79 Å². The average molecular weight is 420 g/mol. The fourth-order valence-corrected chi connectivity index (χ4v) is 4.01. The van der Waals surface area contributed by atoms with E-state index < -0.39 is 24.4 Å². The Bertz CT molecular complexity index is 1060. The van der Waals surface area contributed by atoms with E-state index in [4.69, 9.17) is 11.6 Å². The van der Waals surface area contributed by atoms with Crippen LogP contribution in [0.5, 0.6) is 0 Å². The van der Waals surface area contributed by atoms with Crippen molar-refractivity contribution in [2.75, 3.05) is 18.0 Å². The number of aromatic amines is 1. The Balaban J connectivity index is 1.67. The maximum absolute atomic E-state index is 12.6. The fourth-order valence-electron chi connectivity index (χ4n) is 3.83. The minimum atomic E-state index is -2.59. The molecular formula is C20H20ClF2N5O. The fraction of sp³-hybridized carbons (Fsp3) is 0.350. The van der Waals surface area contributed by atoms with Crippen LogP contribution in [-0.2, 0) is 4.79 Å². The SMILES string of the molecule is C[C@]1(C(=O)NCC(F)F)CCCN1c1ccnc(-c2c[nH]c3ccc(Cl)cc23)n1. The maximum Gasteiger partial charge on any atom is 0.255 e. The van der Waals surface area contributed by atoms with E-state index >= 15 is 0 Å². The Labute approximate surface area is 171 Å². The van der Waals surface area contributed by atoms with Crippen molar-refractivity contribution in [2.24, 2.45) is 0 Å². The van der Waals surface area contributed by atoms with Crippen molar-refractivity contribution < 1.29 is 13.6 Å². The molecule has 0 spiro atoms. The third kappa shape index (κ3) is 3.64. The van der Waals surface area contributed by atoms with Gasteiger partial charge in [-0.05, 0) is 44.0 Å². The Morgan fingerprint density at radius 2 is 2.24 bits per heavy atom. The van der Waals surface area contributed by atoms with Gasteiger partial charge in [0.1, 0.15) is 11.4 Å². The normalized spacial score (nSPS) is 19.3. The van der Waals surface area contributed by atoms with Gasteiger partial charge in [0.15, 0.2) is 5.82 Å². The summed E-state index contributed by atoms with van der Waals surface area (Å²) in [6.07, 6.45) is 2.19.